The SMILES string of the molecule is COc1ccc(OC)c(Cc2ccc([C@@H]3CN(C(=O)c4n[nH]c5c4CCC5)CCO3)nc2)c1. The average molecular weight is 449 g/mol. The summed E-state index contributed by atoms with van der Waals surface area (Å²) in [5, 5.41) is 7.33. The normalized spacial score (nSPS) is 17.6. The summed E-state index contributed by atoms with van der Waals surface area (Å²) in [7, 11) is 3.32. The van der Waals surface area contributed by atoms with E-state index in [1.165, 1.54) is 0 Å². The lowest BCUT2D eigenvalue weighted by molar-refractivity contribution is -0.0249. The first kappa shape index (κ1) is 21.5. The number of fused-ring (bicyclic) bond motifs is 1. The Bertz CT molecular complexity index is 1140. The van der Waals surface area contributed by atoms with Crippen LogP contribution < -0.4 is 9.47 Å². The maximum absolute atomic E-state index is 13.1. The molecule has 1 aromatic carbocycles. The quantitative estimate of drug-likeness (QED) is 0.623. The molecule has 1 aliphatic carbocycles. The van der Waals surface area contributed by atoms with Crippen molar-refractivity contribution in [1.82, 2.24) is 20.1 Å². The number of morpholine rings is 1. The van der Waals surface area contributed by atoms with Gasteiger partial charge in [0.15, 0.2) is 5.69 Å². The molecule has 1 fully saturated rings. The molecule has 1 saturated heterocycles. The van der Waals surface area contributed by atoms with Crippen LogP contribution in [0.15, 0.2) is 36.5 Å². The summed E-state index contributed by atoms with van der Waals surface area (Å²) in [5.41, 5.74) is 5.66. The lowest BCUT2D eigenvalue weighted by Gasteiger charge is -2.32. The lowest BCUT2D eigenvalue weighted by Crippen LogP contribution is -2.42. The molecule has 172 valence electrons. The summed E-state index contributed by atoms with van der Waals surface area (Å²) in [6, 6.07) is 9.80. The first-order chi connectivity index (χ1) is 16.2. The van der Waals surface area contributed by atoms with Gasteiger partial charge in [0.25, 0.3) is 5.91 Å². The van der Waals surface area contributed by atoms with Crippen molar-refractivity contribution in [3.05, 3.63) is 70.3 Å². The molecule has 2 aliphatic rings. The Labute approximate surface area is 192 Å². The van der Waals surface area contributed by atoms with E-state index in [1.807, 2.05) is 41.4 Å². The largest absolute Gasteiger partial charge is 0.497 e. The minimum Gasteiger partial charge on any atom is -0.497 e. The molecule has 3 heterocycles. The summed E-state index contributed by atoms with van der Waals surface area (Å²) >= 11 is 0. The molecule has 3 aromatic rings. The zero-order chi connectivity index (χ0) is 22.8. The highest BCUT2D eigenvalue weighted by Gasteiger charge is 2.31. The zero-order valence-corrected chi connectivity index (χ0v) is 19.0. The third-order valence-corrected chi connectivity index (χ3v) is 6.42. The molecule has 0 spiro atoms. The van der Waals surface area contributed by atoms with Crippen molar-refractivity contribution in [3.63, 3.8) is 0 Å². The number of ether oxygens (including phenoxy) is 3. The Balaban J connectivity index is 1.28. The Morgan fingerprint density at radius 3 is 2.91 bits per heavy atom. The van der Waals surface area contributed by atoms with Gasteiger partial charge in [-0.2, -0.15) is 5.10 Å². The van der Waals surface area contributed by atoms with Crippen molar-refractivity contribution < 1.29 is 19.0 Å². The van der Waals surface area contributed by atoms with Crippen LogP contribution in [0.3, 0.4) is 0 Å². The van der Waals surface area contributed by atoms with Crippen LogP contribution in [0, 0.1) is 0 Å². The number of pyridine rings is 1. The third-order valence-electron chi connectivity index (χ3n) is 6.42. The van der Waals surface area contributed by atoms with Gasteiger partial charge in [0.05, 0.1) is 33.1 Å². The van der Waals surface area contributed by atoms with Crippen LogP contribution in [-0.2, 0) is 24.0 Å². The van der Waals surface area contributed by atoms with E-state index < -0.39 is 0 Å². The molecular formula is C25H28N4O4. The molecular weight excluding hydrogens is 420 g/mol. The number of H-pyrrole nitrogens is 1. The second-order valence-corrected chi connectivity index (χ2v) is 8.44. The van der Waals surface area contributed by atoms with Crippen LogP contribution in [0.1, 0.15) is 51.1 Å². The molecule has 1 aliphatic heterocycles. The van der Waals surface area contributed by atoms with Crippen LogP contribution in [-0.4, -0.2) is 59.9 Å². The number of benzene rings is 1. The molecule has 8 nitrogen and oxygen atoms in total. The highest BCUT2D eigenvalue weighted by Crippen LogP contribution is 2.28. The van der Waals surface area contributed by atoms with E-state index in [0.717, 1.165) is 58.8 Å². The molecule has 33 heavy (non-hydrogen) atoms. The number of aromatic amines is 1. The summed E-state index contributed by atoms with van der Waals surface area (Å²) in [5.74, 6) is 1.58. The Hall–Kier alpha value is -3.39. The summed E-state index contributed by atoms with van der Waals surface area (Å²) in [6.07, 6.45) is 5.25. The first-order valence-electron chi connectivity index (χ1n) is 11.3. The number of methoxy groups -OCH3 is 2. The summed E-state index contributed by atoms with van der Waals surface area (Å²) in [4.78, 5) is 19.6. The predicted molar refractivity (Wildman–Crippen MR) is 122 cm³/mol. The van der Waals surface area contributed by atoms with Gasteiger partial charge < -0.3 is 19.1 Å². The number of rotatable bonds is 6. The summed E-state index contributed by atoms with van der Waals surface area (Å²) < 4.78 is 16.8. The molecule has 2 aromatic heterocycles. The van der Waals surface area contributed by atoms with Gasteiger partial charge in [-0.3, -0.25) is 14.9 Å². The van der Waals surface area contributed by atoms with Crippen LogP contribution in [0.25, 0.3) is 0 Å². The fraction of sp³-hybridized carbons (Fsp3) is 0.400. The van der Waals surface area contributed by atoms with Gasteiger partial charge in [0, 0.05) is 36.0 Å². The number of aryl methyl sites for hydroxylation is 1. The van der Waals surface area contributed by atoms with E-state index in [4.69, 9.17) is 14.2 Å². The second-order valence-electron chi connectivity index (χ2n) is 8.44. The van der Waals surface area contributed by atoms with Gasteiger partial charge >= 0.3 is 0 Å². The average Bonchev–Trinajstić information content (AvgIpc) is 3.48. The predicted octanol–water partition coefficient (Wildman–Crippen LogP) is 3.12. The first-order valence-corrected chi connectivity index (χ1v) is 11.3. The van der Waals surface area contributed by atoms with Crippen LogP contribution in [0.4, 0.5) is 0 Å². The van der Waals surface area contributed by atoms with Gasteiger partial charge in [0.1, 0.15) is 17.6 Å². The molecule has 8 heteroatoms. The molecule has 1 amide bonds. The van der Waals surface area contributed by atoms with E-state index in [0.29, 0.717) is 31.8 Å². The fourth-order valence-electron chi connectivity index (χ4n) is 4.63. The van der Waals surface area contributed by atoms with Crippen molar-refractivity contribution in [1.29, 1.82) is 0 Å². The molecule has 5 rings (SSSR count). The minimum atomic E-state index is -0.255. The molecule has 1 atom stereocenters. The maximum Gasteiger partial charge on any atom is 0.274 e. The smallest absolute Gasteiger partial charge is 0.274 e. The minimum absolute atomic E-state index is 0.0237. The number of amides is 1. The molecule has 0 unspecified atom stereocenters. The highest BCUT2D eigenvalue weighted by atomic mass is 16.5. The van der Waals surface area contributed by atoms with Gasteiger partial charge in [-0.15, -0.1) is 0 Å². The number of carbonyl (C=O) groups excluding carboxylic acids is 1. The van der Waals surface area contributed by atoms with Crippen molar-refractivity contribution in [2.45, 2.75) is 31.8 Å². The second kappa shape index (κ2) is 9.23. The third kappa shape index (κ3) is 4.30. The number of hydrogen-bond donors (Lipinski definition) is 1. The van der Waals surface area contributed by atoms with Crippen LogP contribution in [0.5, 0.6) is 11.5 Å². The maximum atomic E-state index is 13.1. The van der Waals surface area contributed by atoms with Crippen molar-refractivity contribution in [2.24, 2.45) is 0 Å². The molecule has 1 N–H and O–H groups in total. The Morgan fingerprint density at radius 2 is 2.12 bits per heavy atom. The van der Waals surface area contributed by atoms with E-state index in [-0.39, 0.29) is 12.0 Å². The van der Waals surface area contributed by atoms with Gasteiger partial charge in [-0.25, -0.2) is 0 Å². The Kier molecular flexibility index (Phi) is 6.00. The van der Waals surface area contributed by atoms with Gasteiger partial charge in [-0.05, 0) is 49.1 Å². The van der Waals surface area contributed by atoms with Gasteiger partial charge in [0.2, 0.25) is 0 Å². The van der Waals surface area contributed by atoms with Gasteiger partial charge in [-0.1, -0.05) is 6.07 Å². The number of hydrogen-bond acceptors (Lipinski definition) is 6. The van der Waals surface area contributed by atoms with Crippen molar-refractivity contribution in [2.75, 3.05) is 33.9 Å². The van der Waals surface area contributed by atoms with Crippen LogP contribution >= 0.6 is 0 Å². The van der Waals surface area contributed by atoms with E-state index in [1.54, 1.807) is 14.2 Å². The summed E-state index contributed by atoms with van der Waals surface area (Å²) in [6.45, 7) is 1.51. The number of nitrogens with one attached hydrogen (secondary N) is 1. The monoisotopic (exact) mass is 448 g/mol. The lowest BCUT2D eigenvalue weighted by atomic mass is 10.0. The Morgan fingerprint density at radius 1 is 1.21 bits per heavy atom. The van der Waals surface area contributed by atoms with E-state index >= 15 is 0 Å². The molecule has 0 bridgehead atoms. The van der Waals surface area contributed by atoms with E-state index in [2.05, 4.69) is 15.2 Å². The highest BCUT2D eigenvalue weighted by molar-refractivity contribution is 5.94. The zero-order valence-electron chi connectivity index (χ0n) is 19.0. The number of aromatic nitrogens is 3. The van der Waals surface area contributed by atoms with Crippen LogP contribution in [0.2, 0.25) is 0 Å². The molecule has 0 saturated carbocycles. The molecule has 0 radical (unpaired) electrons. The topological polar surface area (TPSA) is 89.6 Å². The van der Waals surface area contributed by atoms with Crippen molar-refractivity contribution in [3.8, 4) is 11.5 Å². The number of carbonyl (C=O) groups is 1. The number of nitrogens with zero attached hydrogens (tertiary/aromatic N) is 3. The van der Waals surface area contributed by atoms with E-state index in [9.17, 15) is 4.79 Å². The fourth-order valence-corrected chi connectivity index (χ4v) is 4.63. The van der Waals surface area contributed by atoms with Crippen molar-refractivity contribution >= 4 is 5.91 Å². The standard InChI is InChI=1S/C25H28N4O4/c1-31-18-7-9-22(32-2)17(13-18)12-16-6-8-21(26-14-16)23-15-29(10-11-33-23)25(30)24-19-4-3-5-20(19)27-28-24/h6-9,13-14,23H,3-5,10-12,15H2,1-2H3,(H,27,28)/t23-/m0/s1.